The van der Waals surface area contributed by atoms with Gasteiger partial charge in [0.25, 0.3) is 0 Å². The van der Waals surface area contributed by atoms with Crippen molar-refractivity contribution in [2.45, 2.75) is 10.9 Å². The van der Waals surface area contributed by atoms with Gasteiger partial charge in [-0.15, -0.1) is 5.10 Å². The molecule has 0 unspecified atom stereocenters. The number of rotatable bonds is 3. The maximum Gasteiger partial charge on any atom is 0.341 e. The van der Waals surface area contributed by atoms with Gasteiger partial charge in [-0.1, -0.05) is 17.7 Å². The third kappa shape index (κ3) is 2.59. The summed E-state index contributed by atoms with van der Waals surface area (Å²) in [6.45, 7) is 0. The van der Waals surface area contributed by atoms with Crippen molar-refractivity contribution in [2.24, 2.45) is 0 Å². The first-order valence-electron chi connectivity index (χ1n) is 4.70. The third-order valence-corrected chi connectivity index (χ3v) is 3.96. The van der Waals surface area contributed by atoms with Crippen LogP contribution >= 0.6 is 11.6 Å². The highest BCUT2D eigenvalue weighted by Gasteiger charge is 2.20. The van der Waals surface area contributed by atoms with E-state index in [1.165, 1.54) is 6.07 Å². The molecule has 18 heavy (non-hydrogen) atoms. The van der Waals surface area contributed by atoms with Crippen molar-refractivity contribution in [3.63, 3.8) is 0 Å². The van der Waals surface area contributed by atoms with Crippen molar-refractivity contribution < 1.29 is 12.8 Å². The highest BCUT2D eigenvalue weighted by Crippen LogP contribution is 2.21. The van der Waals surface area contributed by atoms with Crippen LogP contribution in [0.4, 0.5) is 4.39 Å². The lowest BCUT2D eigenvalue weighted by Crippen LogP contribution is -2.09. The molecule has 0 radical (unpaired) electrons. The predicted octanol–water partition coefficient (Wildman–Crippen LogP) is 0.864. The number of H-pyrrole nitrogens is 2. The number of hydrogen-bond donors (Lipinski definition) is 2. The minimum atomic E-state index is -3.83. The molecule has 2 rings (SSSR count). The summed E-state index contributed by atoms with van der Waals surface area (Å²) in [4.78, 5) is 12.8. The summed E-state index contributed by atoms with van der Waals surface area (Å²) >= 11 is 5.72. The molecule has 0 aliphatic rings. The second-order valence-electron chi connectivity index (χ2n) is 3.48. The Kier molecular flexibility index (Phi) is 3.22. The van der Waals surface area contributed by atoms with Gasteiger partial charge < -0.3 is 0 Å². The summed E-state index contributed by atoms with van der Waals surface area (Å²) in [6.07, 6.45) is 0. The molecule has 2 aromatic rings. The maximum atomic E-state index is 12.8. The van der Waals surface area contributed by atoms with Gasteiger partial charge in [0.15, 0.2) is 0 Å². The van der Waals surface area contributed by atoms with Crippen molar-refractivity contribution in [3.05, 3.63) is 45.1 Å². The summed E-state index contributed by atoms with van der Waals surface area (Å²) in [5.41, 5.74) is -0.499. The van der Waals surface area contributed by atoms with E-state index in [2.05, 4.69) is 5.10 Å². The molecule has 0 aliphatic heterocycles. The Morgan fingerprint density at radius 3 is 2.67 bits per heavy atom. The molecule has 0 fully saturated rings. The van der Waals surface area contributed by atoms with Gasteiger partial charge in [-0.3, -0.25) is 4.98 Å². The molecule has 9 heteroatoms. The topological polar surface area (TPSA) is 95.7 Å². The average molecular weight is 292 g/mol. The predicted molar refractivity (Wildman–Crippen MR) is 61.5 cm³/mol. The smallest absolute Gasteiger partial charge is 0.280 e. The minimum absolute atomic E-state index is 0.00328. The molecule has 2 N–H and O–H groups in total. The monoisotopic (exact) mass is 291 g/mol. The van der Waals surface area contributed by atoms with Gasteiger partial charge in [0.1, 0.15) is 5.82 Å². The summed E-state index contributed by atoms with van der Waals surface area (Å²) in [6, 6.07) is 3.38. The normalized spacial score (nSPS) is 11.7. The van der Waals surface area contributed by atoms with Gasteiger partial charge in [0, 0.05) is 5.02 Å². The summed E-state index contributed by atoms with van der Waals surface area (Å²) < 4.78 is 36.5. The Morgan fingerprint density at radius 2 is 2.11 bits per heavy atom. The van der Waals surface area contributed by atoms with Crippen LogP contribution in [0.15, 0.2) is 28.2 Å². The molecule has 0 saturated heterocycles. The van der Waals surface area contributed by atoms with Gasteiger partial charge in [0.2, 0.25) is 15.0 Å². The summed E-state index contributed by atoms with van der Waals surface area (Å²) in [7, 11) is -3.83. The molecule has 0 atom stereocenters. The van der Waals surface area contributed by atoms with E-state index in [9.17, 15) is 17.6 Å². The number of hydrogen-bond acceptors (Lipinski definition) is 4. The maximum absolute atomic E-state index is 12.8. The number of aromatic nitrogens is 3. The third-order valence-electron chi connectivity index (χ3n) is 2.13. The molecular formula is C9H7ClFN3O3S. The molecular weight excluding hydrogens is 285 g/mol. The Hall–Kier alpha value is -1.67. The van der Waals surface area contributed by atoms with Crippen LogP contribution in [0.25, 0.3) is 0 Å². The van der Waals surface area contributed by atoms with Crippen LogP contribution in [0.2, 0.25) is 5.02 Å². The molecule has 6 nitrogen and oxygen atoms in total. The van der Waals surface area contributed by atoms with Crippen molar-refractivity contribution in [1.29, 1.82) is 0 Å². The molecule has 0 saturated carbocycles. The fourth-order valence-electron chi connectivity index (χ4n) is 1.31. The Morgan fingerprint density at radius 1 is 1.39 bits per heavy atom. The molecule has 0 bridgehead atoms. The standard InChI is InChI=1S/C9H7ClFN3O3S/c10-7-3-6(11)2-1-5(7)4-18(16,17)9-12-8(15)13-14-9/h1-3H,4H2,(H2,12,13,14,15). The van der Waals surface area contributed by atoms with Crippen LogP contribution in [0.1, 0.15) is 5.56 Å². The second kappa shape index (κ2) is 4.54. The zero-order chi connectivity index (χ0) is 13.3. The average Bonchev–Trinajstić information content (AvgIpc) is 2.70. The largest absolute Gasteiger partial charge is 0.341 e. The van der Waals surface area contributed by atoms with Crippen LogP contribution in [0.3, 0.4) is 0 Å². The van der Waals surface area contributed by atoms with Crippen molar-refractivity contribution in [3.8, 4) is 0 Å². The Labute approximate surface area is 106 Å². The van der Waals surface area contributed by atoms with E-state index in [4.69, 9.17) is 11.6 Å². The SMILES string of the molecule is O=c1[nH]nc(S(=O)(=O)Cc2ccc(F)cc2Cl)[nH]1. The van der Waals surface area contributed by atoms with E-state index in [0.29, 0.717) is 0 Å². The number of halogens is 2. The van der Waals surface area contributed by atoms with E-state index in [0.717, 1.165) is 12.1 Å². The van der Waals surface area contributed by atoms with E-state index < -0.39 is 32.3 Å². The number of sulfone groups is 1. The highest BCUT2D eigenvalue weighted by atomic mass is 35.5. The van der Waals surface area contributed by atoms with E-state index in [1.54, 1.807) is 0 Å². The molecule has 0 aliphatic carbocycles. The highest BCUT2D eigenvalue weighted by molar-refractivity contribution is 7.90. The lowest BCUT2D eigenvalue weighted by atomic mass is 10.2. The Balaban J connectivity index is 2.36. The van der Waals surface area contributed by atoms with Crippen LogP contribution in [0.5, 0.6) is 0 Å². The van der Waals surface area contributed by atoms with Gasteiger partial charge in [-0.2, -0.15) is 0 Å². The van der Waals surface area contributed by atoms with Crippen LogP contribution in [-0.4, -0.2) is 23.6 Å². The first kappa shape index (κ1) is 12.8. The zero-order valence-electron chi connectivity index (χ0n) is 8.78. The fourth-order valence-corrected chi connectivity index (χ4v) is 2.86. The van der Waals surface area contributed by atoms with Crippen molar-refractivity contribution in [2.75, 3.05) is 0 Å². The first-order valence-corrected chi connectivity index (χ1v) is 6.73. The van der Waals surface area contributed by atoms with Crippen molar-refractivity contribution >= 4 is 21.4 Å². The number of aromatic amines is 2. The summed E-state index contributed by atoms with van der Waals surface area (Å²) in [5.74, 6) is -1.04. The molecule has 96 valence electrons. The number of nitrogens with zero attached hydrogens (tertiary/aromatic N) is 1. The first-order chi connectivity index (χ1) is 8.38. The second-order valence-corrected chi connectivity index (χ2v) is 5.79. The lowest BCUT2D eigenvalue weighted by Gasteiger charge is -2.03. The quantitative estimate of drug-likeness (QED) is 0.877. The Bertz CT molecular complexity index is 738. The van der Waals surface area contributed by atoms with Crippen LogP contribution in [-0.2, 0) is 15.6 Å². The van der Waals surface area contributed by atoms with Gasteiger partial charge >= 0.3 is 5.69 Å². The van der Waals surface area contributed by atoms with Gasteiger partial charge in [0.05, 0.1) is 5.75 Å². The van der Waals surface area contributed by atoms with E-state index in [1.807, 2.05) is 10.1 Å². The minimum Gasteiger partial charge on any atom is -0.280 e. The number of nitrogens with one attached hydrogen (secondary N) is 2. The number of benzene rings is 1. The van der Waals surface area contributed by atoms with Gasteiger partial charge in [-0.25, -0.2) is 22.7 Å². The van der Waals surface area contributed by atoms with Crippen LogP contribution < -0.4 is 5.69 Å². The fraction of sp³-hybridized carbons (Fsp3) is 0.111. The molecule has 0 spiro atoms. The van der Waals surface area contributed by atoms with Crippen LogP contribution in [0, 0.1) is 5.82 Å². The van der Waals surface area contributed by atoms with E-state index >= 15 is 0 Å². The zero-order valence-corrected chi connectivity index (χ0v) is 10.3. The molecule has 0 amide bonds. The van der Waals surface area contributed by atoms with E-state index in [-0.39, 0.29) is 10.6 Å². The van der Waals surface area contributed by atoms with Crippen molar-refractivity contribution in [1.82, 2.24) is 15.2 Å². The molecule has 1 aromatic carbocycles. The van der Waals surface area contributed by atoms with Gasteiger partial charge in [-0.05, 0) is 17.7 Å². The summed E-state index contributed by atoms with van der Waals surface area (Å²) in [5, 5.41) is 4.80. The molecule has 1 aromatic heterocycles. The molecule has 1 heterocycles. The lowest BCUT2D eigenvalue weighted by molar-refractivity contribution is 0.586.